The summed E-state index contributed by atoms with van der Waals surface area (Å²) in [6.07, 6.45) is 1.20. The fourth-order valence-corrected chi connectivity index (χ4v) is 9.97. The highest BCUT2D eigenvalue weighted by Crippen LogP contribution is 2.45. The molecule has 0 unspecified atom stereocenters. The molecule has 0 fully saturated rings. The Morgan fingerprint density at radius 1 is 0.903 bits per heavy atom. The Labute approximate surface area is 428 Å². The quantitative estimate of drug-likeness (QED) is 0.0378. The number of ether oxygens (including phenoxy) is 1. The molecule has 0 radical (unpaired) electrons. The van der Waals surface area contributed by atoms with E-state index in [4.69, 9.17) is 16.3 Å². The number of alkyl carbamates (subject to hydrolysis) is 1. The molecule has 0 spiro atoms. The number of nitrogens with one attached hydrogen (secondary N) is 5. The number of nitrogens with zero attached hydrogens (tertiary/aromatic N) is 4. The predicted octanol–water partition coefficient (Wildman–Crippen LogP) is 8.77. The van der Waals surface area contributed by atoms with Gasteiger partial charge in [0.1, 0.15) is 10.6 Å². The fourth-order valence-electron chi connectivity index (χ4n) is 8.25. The molecule has 16 nitrogen and oxygen atoms in total. The minimum atomic E-state index is -4.69. The summed E-state index contributed by atoms with van der Waals surface area (Å²) in [6, 6.07) is 10.4. The largest absolute Gasteiger partial charge is 0.444 e. The van der Waals surface area contributed by atoms with E-state index in [1.54, 1.807) is 44.9 Å². The monoisotopic (exact) mass is 1040 g/mol. The third-order valence-corrected chi connectivity index (χ3v) is 13.6. The van der Waals surface area contributed by atoms with Gasteiger partial charge < -0.3 is 36.2 Å². The summed E-state index contributed by atoms with van der Waals surface area (Å²) in [5.41, 5.74) is 0.983. The molecule has 0 saturated carbocycles. The second-order valence-corrected chi connectivity index (χ2v) is 21.1. The van der Waals surface area contributed by atoms with Crippen molar-refractivity contribution in [1.82, 2.24) is 40.8 Å². The molecule has 2 heterocycles. The highest BCUT2D eigenvalue weighted by molar-refractivity contribution is 7.17. The molecule has 2 aromatic heterocycles. The normalized spacial score (nSPS) is 13.3. The molecule has 72 heavy (non-hydrogen) atoms. The summed E-state index contributed by atoms with van der Waals surface area (Å²) in [4.78, 5) is 82.7. The maximum absolute atomic E-state index is 14.4. The first-order valence-electron chi connectivity index (χ1n) is 24.1. The number of ketones is 1. The van der Waals surface area contributed by atoms with Gasteiger partial charge in [-0.1, -0.05) is 51.4 Å². The van der Waals surface area contributed by atoms with Crippen molar-refractivity contribution in [2.45, 2.75) is 118 Å². The number of rotatable bonds is 22. The van der Waals surface area contributed by atoms with Gasteiger partial charge in [-0.25, -0.2) is 14.3 Å². The first-order chi connectivity index (χ1) is 33.9. The Balaban J connectivity index is 1.16. The molecule has 0 atom stereocenters. The van der Waals surface area contributed by atoms with Crippen LogP contribution in [-0.4, -0.2) is 113 Å². The summed E-state index contributed by atoms with van der Waals surface area (Å²) in [5, 5.41) is 17.6. The lowest BCUT2D eigenvalue weighted by atomic mass is 9.76. The van der Waals surface area contributed by atoms with Crippen LogP contribution in [0, 0.1) is 5.41 Å². The zero-order chi connectivity index (χ0) is 53.0. The summed E-state index contributed by atoms with van der Waals surface area (Å²) >= 11 is 7.21. The maximum Gasteiger partial charge on any atom is 0.417 e. The topological polar surface area (TPSA) is 196 Å². The first kappa shape index (κ1) is 56.9. The minimum Gasteiger partial charge on any atom is -0.444 e. The number of anilines is 1. The highest BCUT2D eigenvalue weighted by Gasteiger charge is 2.35. The van der Waals surface area contributed by atoms with Gasteiger partial charge in [-0.15, -0.1) is 11.3 Å². The number of benzene rings is 2. The van der Waals surface area contributed by atoms with Gasteiger partial charge in [0, 0.05) is 88.4 Å². The second kappa shape index (κ2) is 25.1. The standard InChI is InChI=1S/C51H67ClF3N9O7S/c1-9-35(10-2)63(25-24-62(8)42(66)17-16-41(65)56-20-21-57-47(69)58-22-23-59-48(70)71-49(3,4)5)30-32-12-11-13-33(26-32)45(68)61-46-43(37-18-19-50(6,7)28-40(37)72-46)44(67)34-29-60-64(31-34)36-14-15-39(52)38(27-36)51(53,54)55/h11-15,26-27,29,31,35H,9-10,16-25,28,30H2,1-8H3,(H,56,65)(H,59,70)(H,61,68)(H2,57,58,69). The molecule has 6 amide bonds. The van der Waals surface area contributed by atoms with E-state index in [0.29, 0.717) is 48.6 Å². The molecule has 21 heteroatoms. The smallest absolute Gasteiger partial charge is 0.417 e. The van der Waals surface area contributed by atoms with Gasteiger partial charge in [-0.3, -0.25) is 24.1 Å². The van der Waals surface area contributed by atoms with E-state index in [1.807, 2.05) is 12.1 Å². The van der Waals surface area contributed by atoms with Crippen LogP contribution in [0.4, 0.5) is 27.8 Å². The third kappa shape index (κ3) is 16.5. The van der Waals surface area contributed by atoms with E-state index in [0.717, 1.165) is 47.4 Å². The lowest BCUT2D eigenvalue weighted by molar-refractivity contribution is -0.137. The number of likely N-dealkylation sites (N-methyl/N-ethyl adjacent to an activating group) is 1. The average molecular weight is 1040 g/mol. The first-order valence-corrected chi connectivity index (χ1v) is 25.3. The average Bonchev–Trinajstić information content (AvgIpc) is 3.94. The lowest BCUT2D eigenvalue weighted by Crippen LogP contribution is -2.43. The number of hydrogen-bond acceptors (Lipinski definition) is 10. The zero-order valence-electron chi connectivity index (χ0n) is 42.2. The van der Waals surface area contributed by atoms with Gasteiger partial charge >= 0.3 is 18.3 Å². The number of amides is 6. The van der Waals surface area contributed by atoms with Crippen molar-refractivity contribution in [3.05, 3.63) is 98.1 Å². The van der Waals surface area contributed by atoms with Crippen molar-refractivity contribution in [2.24, 2.45) is 5.41 Å². The third-order valence-electron chi connectivity index (χ3n) is 12.2. The molecule has 5 N–H and O–H groups in total. The van der Waals surface area contributed by atoms with Gasteiger partial charge in [0.05, 0.1) is 33.6 Å². The summed E-state index contributed by atoms with van der Waals surface area (Å²) < 4.78 is 47.3. The molecule has 4 aromatic rings. The Bertz CT molecular complexity index is 2570. The van der Waals surface area contributed by atoms with Gasteiger partial charge in [0.15, 0.2) is 5.78 Å². The predicted molar refractivity (Wildman–Crippen MR) is 272 cm³/mol. The van der Waals surface area contributed by atoms with Crippen LogP contribution >= 0.6 is 22.9 Å². The summed E-state index contributed by atoms with van der Waals surface area (Å²) in [5.74, 6) is -1.34. The number of hydrogen-bond donors (Lipinski definition) is 5. The molecule has 392 valence electrons. The molecule has 0 bridgehead atoms. The van der Waals surface area contributed by atoms with Gasteiger partial charge in [-0.05, 0) is 99.7 Å². The number of carbonyl (C=O) groups is 6. The Morgan fingerprint density at radius 2 is 1.58 bits per heavy atom. The Kier molecular flexibility index (Phi) is 19.8. The van der Waals surface area contributed by atoms with Crippen LogP contribution in [0.2, 0.25) is 5.02 Å². The number of fused-ring (bicyclic) bond motifs is 1. The van der Waals surface area contributed by atoms with Crippen LogP contribution in [0.1, 0.15) is 128 Å². The molecule has 0 aliphatic heterocycles. The fraction of sp³-hybridized carbons (Fsp3) is 0.510. The number of halogens is 4. The van der Waals surface area contributed by atoms with Crippen molar-refractivity contribution in [1.29, 1.82) is 0 Å². The Hall–Kier alpha value is -5.99. The van der Waals surface area contributed by atoms with Gasteiger partial charge in [0.25, 0.3) is 5.91 Å². The van der Waals surface area contributed by atoms with E-state index < -0.39 is 46.2 Å². The Morgan fingerprint density at radius 3 is 2.25 bits per heavy atom. The van der Waals surface area contributed by atoms with Crippen LogP contribution in [0.25, 0.3) is 5.69 Å². The van der Waals surface area contributed by atoms with Crippen LogP contribution in [0.5, 0.6) is 0 Å². The van der Waals surface area contributed by atoms with Crippen LogP contribution in [0.3, 0.4) is 0 Å². The molecular formula is C51H67ClF3N9O7S. The minimum absolute atomic E-state index is 0.000498. The number of urea groups is 1. The highest BCUT2D eigenvalue weighted by atomic mass is 35.5. The van der Waals surface area contributed by atoms with Crippen LogP contribution < -0.4 is 26.6 Å². The zero-order valence-corrected chi connectivity index (χ0v) is 43.8. The van der Waals surface area contributed by atoms with Crippen molar-refractivity contribution < 1.29 is 46.7 Å². The number of alkyl halides is 3. The lowest BCUT2D eigenvalue weighted by Gasteiger charge is -2.32. The number of aromatic nitrogens is 2. The van der Waals surface area contributed by atoms with Crippen molar-refractivity contribution in [2.75, 3.05) is 51.6 Å². The molecule has 5 rings (SSSR count). The van der Waals surface area contributed by atoms with Crippen LogP contribution in [0.15, 0.2) is 54.9 Å². The van der Waals surface area contributed by atoms with Crippen molar-refractivity contribution >= 4 is 63.6 Å². The van der Waals surface area contributed by atoms with Crippen molar-refractivity contribution in [3.63, 3.8) is 0 Å². The van der Waals surface area contributed by atoms with E-state index in [-0.39, 0.29) is 73.5 Å². The summed E-state index contributed by atoms with van der Waals surface area (Å²) in [7, 11) is 1.70. The number of carbonyl (C=O) groups excluding carboxylic acids is 6. The SMILES string of the molecule is CCC(CC)N(CCN(C)C(=O)CCC(=O)NCCNC(=O)NCCNC(=O)OC(C)(C)C)Cc1cccc(C(=O)Nc2sc3c(c2C(=O)c2cnn(-c4ccc(Cl)c(C(F)(F)F)c4)c2)CCC(C)(C)C3)c1. The van der Waals surface area contributed by atoms with E-state index >= 15 is 0 Å². The van der Waals surface area contributed by atoms with Crippen LogP contribution in [-0.2, 0) is 39.9 Å². The molecular weight excluding hydrogens is 975 g/mol. The molecule has 2 aromatic carbocycles. The van der Waals surface area contributed by atoms with Gasteiger partial charge in [-0.2, -0.15) is 18.3 Å². The molecule has 1 aliphatic carbocycles. The van der Waals surface area contributed by atoms with E-state index in [2.05, 4.69) is 64.3 Å². The second-order valence-electron chi connectivity index (χ2n) is 19.6. The number of thiophene rings is 1. The summed E-state index contributed by atoms with van der Waals surface area (Å²) in [6.45, 7) is 15.8. The molecule has 0 saturated heterocycles. The van der Waals surface area contributed by atoms with Crippen molar-refractivity contribution in [3.8, 4) is 5.69 Å². The maximum atomic E-state index is 14.4. The molecule has 1 aliphatic rings. The van der Waals surface area contributed by atoms with Gasteiger partial charge in [0.2, 0.25) is 11.8 Å². The van der Waals surface area contributed by atoms with E-state index in [9.17, 15) is 41.9 Å². The van der Waals surface area contributed by atoms with E-state index in [1.165, 1.54) is 34.5 Å².